The van der Waals surface area contributed by atoms with Crippen LogP contribution in [0.1, 0.15) is 18.4 Å². The molecule has 0 atom stereocenters. The number of benzene rings is 2. The highest BCUT2D eigenvalue weighted by Crippen LogP contribution is 2.39. The highest BCUT2D eigenvalue weighted by molar-refractivity contribution is 7.13. The lowest BCUT2D eigenvalue weighted by Crippen LogP contribution is -2.43. The summed E-state index contributed by atoms with van der Waals surface area (Å²) in [4.78, 5) is 13.0. The van der Waals surface area contributed by atoms with Crippen LogP contribution in [0.25, 0.3) is 21.6 Å². The van der Waals surface area contributed by atoms with Crippen molar-refractivity contribution in [2.24, 2.45) is 0 Å². The van der Waals surface area contributed by atoms with E-state index in [-0.39, 0.29) is 0 Å². The summed E-state index contributed by atoms with van der Waals surface area (Å²) < 4.78 is 10.8. The van der Waals surface area contributed by atoms with E-state index in [0.29, 0.717) is 37.4 Å². The number of anilines is 1. The molecule has 6 nitrogen and oxygen atoms in total. The molecule has 1 aliphatic rings. The van der Waals surface area contributed by atoms with Gasteiger partial charge in [0.05, 0.1) is 30.2 Å². The van der Waals surface area contributed by atoms with E-state index in [4.69, 9.17) is 19.4 Å². The van der Waals surface area contributed by atoms with Crippen molar-refractivity contribution < 1.29 is 14.6 Å². The van der Waals surface area contributed by atoms with Crippen LogP contribution >= 0.6 is 11.3 Å². The molecule has 1 saturated heterocycles. The lowest BCUT2D eigenvalue weighted by Gasteiger charge is -2.39. The molecule has 1 N–H and O–H groups in total. The summed E-state index contributed by atoms with van der Waals surface area (Å²) in [5.41, 5.74) is 0.803. The number of rotatable bonds is 5. The molecule has 1 aliphatic heterocycles. The number of hydrogen-bond acceptors (Lipinski definition) is 7. The molecular formula is C25H25N3O3S. The van der Waals surface area contributed by atoms with Gasteiger partial charge < -0.3 is 19.5 Å². The van der Waals surface area contributed by atoms with E-state index in [1.165, 1.54) is 0 Å². The Labute approximate surface area is 191 Å². The van der Waals surface area contributed by atoms with E-state index in [1.54, 1.807) is 25.6 Å². The van der Waals surface area contributed by atoms with Gasteiger partial charge in [0.2, 0.25) is 0 Å². The topological polar surface area (TPSA) is 67.7 Å². The quantitative estimate of drug-likeness (QED) is 0.471. The summed E-state index contributed by atoms with van der Waals surface area (Å²) in [6.07, 6.45) is 1.16. The van der Waals surface area contributed by atoms with Crippen LogP contribution in [0.2, 0.25) is 0 Å². The minimum Gasteiger partial charge on any atom is -0.497 e. The molecule has 2 aromatic heterocycles. The lowest BCUT2D eigenvalue weighted by atomic mass is 9.84. The number of nitrogens with zero attached hydrogens (tertiary/aromatic N) is 3. The zero-order valence-corrected chi connectivity index (χ0v) is 18.9. The second-order valence-corrected chi connectivity index (χ2v) is 8.93. The summed E-state index contributed by atoms with van der Waals surface area (Å²) in [6.45, 7) is 1.36. The number of para-hydroxylation sites is 1. The van der Waals surface area contributed by atoms with E-state index in [1.807, 2.05) is 53.9 Å². The van der Waals surface area contributed by atoms with Gasteiger partial charge >= 0.3 is 0 Å². The molecule has 0 amide bonds. The van der Waals surface area contributed by atoms with Crippen LogP contribution < -0.4 is 14.4 Å². The predicted octanol–water partition coefficient (Wildman–Crippen LogP) is 4.86. The number of thiophene rings is 1. The SMILES string of the molecule is COc1cc(OC)cc(C2(O)CCN(c3nc(-c4cccs4)nc4ccccc34)CC2)c1. The highest BCUT2D eigenvalue weighted by atomic mass is 32.1. The first-order valence-corrected chi connectivity index (χ1v) is 11.5. The van der Waals surface area contributed by atoms with Crippen LogP contribution in [0.5, 0.6) is 11.5 Å². The van der Waals surface area contributed by atoms with Crippen LogP contribution in [0.15, 0.2) is 60.0 Å². The molecule has 0 unspecified atom stereocenters. The van der Waals surface area contributed by atoms with Gasteiger partial charge in [-0.2, -0.15) is 0 Å². The summed E-state index contributed by atoms with van der Waals surface area (Å²) in [5, 5.41) is 14.6. The first-order valence-electron chi connectivity index (χ1n) is 10.6. The van der Waals surface area contributed by atoms with E-state index >= 15 is 0 Å². The molecule has 5 rings (SSSR count). The van der Waals surface area contributed by atoms with Gasteiger partial charge in [0.1, 0.15) is 17.3 Å². The molecule has 164 valence electrons. The molecular weight excluding hydrogens is 422 g/mol. The molecule has 0 radical (unpaired) electrons. The Kier molecular flexibility index (Phi) is 5.45. The number of ether oxygens (including phenoxy) is 2. The Balaban J connectivity index is 1.47. The Morgan fingerprint density at radius 2 is 1.66 bits per heavy atom. The van der Waals surface area contributed by atoms with Crippen molar-refractivity contribution in [1.82, 2.24) is 9.97 Å². The molecule has 1 fully saturated rings. The largest absolute Gasteiger partial charge is 0.497 e. The van der Waals surface area contributed by atoms with Gasteiger partial charge in [0.25, 0.3) is 0 Å². The minimum atomic E-state index is -0.947. The van der Waals surface area contributed by atoms with Crippen LogP contribution in [-0.4, -0.2) is 42.4 Å². The molecule has 0 aliphatic carbocycles. The van der Waals surface area contributed by atoms with Crippen molar-refractivity contribution in [3.8, 4) is 22.2 Å². The molecule has 2 aromatic carbocycles. The van der Waals surface area contributed by atoms with Gasteiger partial charge in [-0.1, -0.05) is 18.2 Å². The average Bonchev–Trinajstić information content (AvgIpc) is 3.39. The number of fused-ring (bicyclic) bond motifs is 1. The minimum absolute atomic E-state index is 0.579. The summed E-state index contributed by atoms with van der Waals surface area (Å²) in [6, 6.07) is 17.8. The van der Waals surface area contributed by atoms with Crippen molar-refractivity contribution >= 4 is 28.1 Å². The van der Waals surface area contributed by atoms with Crippen LogP contribution in [0.3, 0.4) is 0 Å². The number of aromatic nitrogens is 2. The molecule has 4 aromatic rings. The molecule has 0 saturated carbocycles. The third-order valence-corrected chi connectivity index (χ3v) is 6.97. The number of hydrogen-bond donors (Lipinski definition) is 1. The lowest BCUT2D eigenvalue weighted by molar-refractivity contribution is 0.0113. The number of methoxy groups -OCH3 is 2. The fourth-order valence-electron chi connectivity index (χ4n) is 4.27. The highest BCUT2D eigenvalue weighted by Gasteiger charge is 2.35. The second-order valence-electron chi connectivity index (χ2n) is 7.99. The van der Waals surface area contributed by atoms with Crippen molar-refractivity contribution in [3.63, 3.8) is 0 Å². The molecule has 7 heteroatoms. The Morgan fingerprint density at radius 3 is 2.31 bits per heavy atom. The van der Waals surface area contributed by atoms with Crippen LogP contribution in [0, 0.1) is 0 Å². The Bertz CT molecular complexity index is 1210. The molecule has 0 spiro atoms. The third kappa shape index (κ3) is 3.78. The van der Waals surface area contributed by atoms with Crippen molar-refractivity contribution in [1.29, 1.82) is 0 Å². The fraction of sp³-hybridized carbons (Fsp3) is 0.280. The Morgan fingerprint density at radius 1 is 0.938 bits per heavy atom. The van der Waals surface area contributed by atoms with Gasteiger partial charge in [0.15, 0.2) is 5.82 Å². The standard InChI is InChI=1S/C25H25N3O3S/c1-30-18-14-17(15-19(16-18)31-2)25(29)9-11-28(12-10-25)24-20-6-3-4-7-21(20)26-23(27-24)22-8-5-13-32-22/h3-8,13-16,29H,9-12H2,1-2H3. The van der Waals surface area contributed by atoms with E-state index in [0.717, 1.165) is 33.0 Å². The second kappa shape index (κ2) is 8.41. The first-order chi connectivity index (χ1) is 15.6. The molecule has 0 bridgehead atoms. The summed E-state index contributed by atoms with van der Waals surface area (Å²) in [5.74, 6) is 3.02. The number of piperidine rings is 1. The van der Waals surface area contributed by atoms with Gasteiger partial charge in [-0.3, -0.25) is 0 Å². The smallest absolute Gasteiger partial charge is 0.172 e. The molecule has 32 heavy (non-hydrogen) atoms. The molecule has 3 heterocycles. The van der Waals surface area contributed by atoms with Gasteiger partial charge in [-0.05, 0) is 54.1 Å². The maximum absolute atomic E-state index is 11.5. The summed E-state index contributed by atoms with van der Waals surface area (Å²) in [7, 11) is 3.24. The summed E-state index contributed by atoms with van der Waals surface area (Å²) >= 11 is 1.64. The van der Waals surface area contributed by atoms with Crippen LogP contribution in [-0.2, 0) is 5.60 Å². The van der Waals surface area contributed by atoms with E-state index < -0.39 is 5.60 Å². The maximum atomic E-state index is 11.5. The zero-order chi connectivity index (χ0) is 22.1. The van der Waals surface area contributed by atoms with Crippen molar-refractivity contribution in [2.75, 3.05) is 32.2 Å². The van der Waals surface area contributed by atoms with Crippen LogP contribution in [0.4, 0.5) is 5.82 Å². The zero-order valence-electron chi connectivity index (χ0n) is 18.1. The third-order valence-electron chi connectivity index (χ3n) is 6.10. The maximum Gasteiger partial charge on any atom is 0.172 e. The van der Waals surface area contributed by atoms with E-state index in [9.17, 15) is 5.11 Å². The van der Waals surface area contributed by atoms with E-state index in [2.05, 4.69) is 11.0 Å². The van der Waals surface area contributed by atoms with Crippen molar-refractivity contribution in [3.05, 3.63) is 65.5 Å². The average molecular weight is 448 g/mol. The number of aliphatic hydroxyl groups is 1. The predicted molar refractivity (Wildman–Crippen MR) is 128 cm³/mol. The fourth-order valence-corrected chi connectivity index (χ4v) is 4.93. The van der Waals surface area contributed by atoms with Gasteiger partial charge in [0, 0.05) is 24.5 Å². The first kappa shape index (κ1) is 20.7. The van der Waals surface area contributed by atoms with Gasteiger partial charge in [-0.15, -0.1) is 11.3 Å². The van der Waals surface area contributed by atoms with Crippen molar-refractivity contribution in [2.45, 2.75) is 18.4 Å². The monoisotopic (exact) mass is 447 g/mol. The normalized spacial score (nSPS) is 15.7. The Hall–Kier alpha value is -3.16. The van der Waals surface area contributed by atoms with Gasteiger partial charge in [-0.25, -0.2) is 9.97 Å².